The van der Waals surface area contributed by atoms with Gasteiger partial charge in [0, 0.05) is 38.6 Å². The van der Waals surface area contributed by atoms with Crippen molar-refractivity contribution in [2.45, 2.75) is 26.5 Å². The van der Waals surface area contributed by atoms with Gasteiger partial charge in [0.25, 0.3) is 0 Å². The quantitative estimate of drug-likeness (QED) is 0.554. The Morgan fingerprint density at radius 2 is 2.20 bits per heavy atom. The average molecular weight is 276 g/mol. The molecule has 1 aliphatic rings. The molecule has 110 valence electrons. The van der Waals surface area contributed by atoms with Gasteiger partial charge in [-0.3, -0.25) is 10.3 Å². The van der Waals surface area contributed by atoms with E-state index in [1.165, 1.54) is 11.1 Å². The third-order valence-corrected chi connectivity index (χ3v) is 3.71. The van der Waals surface area contributed by atoms with Crippen LogP contribution in [-0.4, -0.2) is 53.2 Å². The minimum atomic E-state index is -0.164. The first kappa shape index (κ1) is 15.0. The van der Waals surface area contributed by atoms with Crippen molar-refractivity contribution in [2.75, 3.05) is 26.7 Å². The largest absolute Gasteiger partial charge is 0.390 e. The van der Waals surface area contributed by atoms with E-state index in [0.29, 0.717) is 5.84 Å². The summed E-state index contributed by atoms with van der Waals surface area (Å²) in [5, 5.41) is 20.6. The number of nitrogens with zero attached hydrogens (tertiary/aromatic N) is 2. The smallest absolute Gasteiger partial charge is 0.131 e. The van der Waals surface area contributed by atoms with E-state index in [1.54, 1.807) is 0 Å². The standard InChI is InChI=1S/C15H24N4O/c1-11(4-5-17-3)15(16)19-6-12(2)13(8-19)7-18-9-14(20)10-18/h4,6,8,14,16-17,20H,5,7,9-10H2,1-3H3. The van der Waals surface area contributed by atoms with E-state index in [4.69, 9.17) is 5.41 Å². The predicted octanol–water partition coefficient (Wildman–Crippen LogP) is 0.964. The van der Waals surface area contributed by atoms with Gasteiger partial charge in [-0.2, -0.15) is 0 Å². The SMILES string of the molecule is CNCC=C(C)C(=N)n1cc(C)c(CN2CC(O)C2)c1. The van der Waals surface area contributed by atoms with Crippen LogP contribution in [0.15, 0.2) is 24.0 Å². The molecule has 1 fully saturated rings. The first-order chi connectivity index (χ1) is 9.51. The lowest BCUT2D eigenvalue weighted by Crippen LogP contribution is -2.49. The van der Waals surface area contributed by atoms with Crippen molar-refractivity contribution >= 4 is 5.84 Å². The summed E-state index contributed by atoms with van der Waals surface area (Å²) >= 11 is 0. The topological polar surface area (TPSA) is 64.3 Å². The van der Waals surface area contributed by atoms with Gasteiger partial charge in [0.05, 0.1) is 6.10 Å². The average Bonchev–Trinajstić information content (AvgIpc) is 2.74. The van der Waals surface area contributed by atoms with Crippen LogP contribution < -0.4 is 5.32 Å². The van der Waals surface area contributed by atoms with E-state index in [-0.39, 0.29) is 6.10 Å². The molecule has 2 rings (SSSR count). The minimum absolute atomic E-state index is 0.164. The number of aromatic nitrogens is 1. The molecule has 0 unspecified atom stereocenters. The molecule has 20 heavy (non-hydrogen) atoms. The zero-order valence-corrected chi connectivity index (χ0v) is 12.5. The number of aliphatic hydroxyl groups excluding tert-OH is 1. The number of likely N-dealkylation sites (tertiary alicyclic amines) is 1. The van der Waals surface area contributed by atoms with E-state index < -0.39 is 0 Å². The molecular formula is C15H24N4O. The van der Waals surface area contributed by atoms with Crippen LogP contribution in [-0.2, 0) is 6.54 Å². The summed E-state index contributed by atoms with van der Waals surface area (Å²) in [6.45, 7) is 7.16. The van der Waals surface area contributed by atoms with Crippen LogP contribution in [0.4, 0.5) is 0 Å². The maximum atomic E-state index is 9.32. The van der Waals surface area contributed by atoms with Crippen molar-refractivity contribution in [2.24, 2.45) is 0 Å². The van der Waals surface area contributed by atoms with Gasteiger partial charge in [0.15, 0.2) is 0 Å². The monoisotopic (exact) mass is 276 g/mol. The Bertz CT molecular complexity index is 512. The zero-order valence-electron chi connectivity index (χ0n) is 12.5. The number of aliphatic hydroxyl groups is 1. The fourth-order valence-electron chi connectivity index (χ4n) is 2.36. The van der Waals surface area contributed by atoms with Crippen molar-refractivity contribution in [1.29, 1.82) is 5.41 Å². The lowest BCUT2D eigenvalue weighted by molar-refractivity contribution is -0.00294. The molecule has 0 bridgehead atoms. The number of allylic oxidation sites excluding steroid dienone is 1. The molecule has 3 N–H and O–H groups in total. The van der Waals surface area contributed by atoms with Gasteiger partial charge in [0.1, 0.15) is 5.84 Å². The summed E-state index contributed by atoms with van der Waals surface area (Å²) in [7, 11) is 1.90. The lowest BCUT2D eigenvalue weighted by atomic mass is 10.1. The number of aryl methyl sites for hydroxylation is 1. The van der Waals surface area contributed by atoms with Crippen LogP contribution >= 0.6 is 0 Å². The summed E-state index contributed by atoms with van der Waals surface area (Å²) in [4.78, 5) is 2.21. The molecule has 1 aromatic rings. The van der Waals surface area contributed by atoms with Crippen LogP contribution in [0, 0.1) is 12.3 Å². The Kier molecular flexibility index (Phi) is 4.75. The minimum Gasteiger partial charge on any atom is -0.390 e. The predicted molar refractivity (Wildman–Crippen MR) is 81.3 cm³/mol. The highest BCUT2D eigenvalue weighted by molar-refractivity contribution is 5.97. The summed E-state index contributed by atoms with van der Waals surface area (Å²) in [6.07, 6.45) is 5.88. The molecule has 0 aromatic carbocycles. The molecule has 5 heteroatoms. The third-order valence-electron chi connectivity index (χ3n) is 3.71. The van der Waals surface area contributed by atoms with Gasteiger partial charge in [-0.15, -0.1) is 0 Å². The zero-order chi connectivity index (χ0) is 14.7. The molecule has 5 nitrogen and oxygen atoms in total. The van der Waals surface area contributed by atoms with Crippen molar-refractivity contribution < 1.29 is 5.11 Å². The molecule has 1 aromatic heterocycles. The molecule has 0 atom stereocenters. The number of likely N-dealkylation sites (N-methyl/N-ethyl adjacent to an activating group) is 1. The first-order valence-corrected chi connectivity index (χ1v) is 6.99. The molecule has 2 heterocycles. The van der Waals surface area contributed by atoms with Crippen molar-refractivity contribution in [3.05, 3.63) is 35.2 Å². The van der Waals surface area contributed by atoms with Crippen LogP contribution in [0.5, 0.6) is 0 Å². The second-order valence-corrected chi connectivity index (χ2v) is 5.52. The normalized spacial score (nSPS) is 17.3. The van der Waals surface area contributed by atoms with Crippen molar-refractivity contribution in [1.82, 2.24) is 14.8 Å². The van der Waals surface area contributed by atoms with E-state index in [2.05, 4.69) is 17.1 Å². The highest BCUT2D eigenvalue weighted by atomic mass is 16.3. The van der Waals surface area contributed by atoms with Gasteiger partial charge >= 0.3 is 0 Å². The van der Waals surface area contributed by atoms with E-state index >= 15 is 0 Å². The summed E-state index contributed by atoms with van der Waals surface area (Å²) < 4.78 is 1.88. The number of β-amino-alcohol motifs (C(OH)–C–C–N with tert-alkyl or cyclic N) is 1. The van der Waals surface area contributed by atoms with Gasteiger partial charge in [-0.25, -0.2) is 0 Å². The van der Waals surface area contributed by atoms with Crippen LogP contribution in [0.1, 0.15) is 18.1 Å². The number of hydrogen-bond donors (Lipinski definition) is 3. The Morgan fingerprint density at radius 3 is 2.80 bits per heavy atom. The first-order valence-electron chi connectivity index (χ1n) is 6.99. The molecule has 0 amide bonds. The van der Waals surface area contributed by atoms with Crippen molar-refractivity contribution in [3.63, 3.8) is 0 Å². The Hall–Kier alpha value is -1.43. The maximum absolute atomic E-state index is 9.32. The fourth-order valence-corrected chi connectivity index (χ4v) is 2.36. The van der Waals surface area contributed by atoms with Gasteiger partial charge in [0.2, 0.25) is 0 Å². The third kappa shape index (κ3) is 3.36. The molecule has 0 spiro atoms. The molecule has 1 saturated heterocycles. The molecule has 0 radical (unpaired) electrons. The summed E-state index contributed by atoms with van der Waals surface area (Å²) in [6, 6.07) is 0. The Balaban J connectivity index is 2.04. The molecule has 0 aliphatic carbocycles. The van der Waals surface area contributed by atoms with Crippen LogP contribution in [0.2, 0.25) is 0 Å². The van der Waals surface area contributed by atoms with Crippen LogP contribution in [0.3, 0.4) is 0 Å². The number of rotatable bonds is 5. The van der Waals surface area contributed by atoms with E-state index in [9.17, 15) is 5.11 Å². The van der Waals surface area contributed by atoms with Gasteiger partial charge < -0.3 is 15.0 Å². The van der Waals surface area contributed by atoms with Gasteiger partial charge in [-0.05, 0) is 37.6 Å². The van der Waals surface area contributed by atoms with E-state index in [1.807, 2.05) is 37.0 Å². The molecule has 0 saturated carbocycles. The van der Waals surface area contributed by atoms with Crippen LogP contribution in [0.25, 0.3) is 0 Å². The molecule has 1 aliphatic heterocycles. The number of hydrogen-bond acceptors (Lipinski definition) is 4. The summed E-state index contributed by atoms with van der Waals surface area (Å²) in [5.74, 6) is 0.512. The lowest BCUT2D eigenvalue weighted by Gasteiger charge is -2.35. The van der Waals surface area contributed by atoms with E-state index in [0.717, 1.165) is 31.8 Å². The Labute approximate surface area is 120 Å². The fraction of sp³-hybridized carbons (Fsp3) is 0.533. The second-order valence-electron chi connectivity index (χ2n) is 5.52. The van der Waals surface area contributed by atoms with Crippen molar-refractivity contribution in [3.8, 4) is 0 Å². The Morgan fingerprint density at radius 1 is 1.50 bits per heavy atom. The number of nitrogens with one attached hydrogen (secondary N) is 2. The highest BCUT2D eigenvalue weighted by Gasteiger charge is 2.24. The molecular weight excluding hydrogens is 252 g/mol. The second kappa shape index (κ2) is 6.35. The maximum Gasteiger partial charge on any atom is 0.131 e. The highest BCUT2D eigenvalue weighted by Crippen LogP contribution is 2.17. The summed E-state index contributed by atoms with van der Waals surface area (Å²) in [5.41, 5.74) is 3.38. The van der Waals surface area contributed by atoms with Gasteiger partial charge in [-0.1, -0.05) is 6.08 Å².